The maximum atomic E-state index is 11.7. The van der Waals surface area contributed by atoms with Crippen molar-refractivity contribution in [1.29, 1.82) is 0 Å². The number of hydrogen-bond donors (Lipinski definition) is 3. The van der Waals surface area contributed by atoms with Crippen molar-refractivity contribution in [1.82, 2.24) is 15.5 Å². The van der Waals surface area contributed by atoms with Gasteiger partial charge in [-0.2, -0.15) is 5.10 Å². The molecule has 1 amide bonds. The van der Waals surface area contributed by atoms with Crippen LogP contribution in [0.5, 0.6) is 0 Å². The van der Waals surface area contributed by atoms with Crippen LogP contribution >= 0.6 is 0 Å². The number of aromatic amines is 1. The molecule has 16 heavy (non-hydrogen) atoms. The molecular weight excluding hydrogens is 210 g/mol. The molecule has 3 N–H and O–H groups in total. The van der Waals surface area contributed by atoms with Gasteiger partial charge in [0.1, 0.15) is 5.69 Å². The molecule has 1 aromatic heterocycles. The van der Waals surface area contributed by atoms with Gasteiger partial charge in [-0.05, 0) is 24.8 Å². The molecule has 1 heterocycles. The van der Waals surface area contributed by atoms with E-state index in [1.807, 2.05) is 0 Å². The van der Waals surface area contributed by atoms with E-state index in [9.17, 15) is 9.59 Å². The predicted molar refractivity (Wildman–Crippen MR) is 54.8 cm³/mol. The van der Waals surface area contributed by atoms with E-state index in [0.29, 0.717) is 11.6 Å². The summed E-state index contributed by atoms with van der Waals surface area (Å²) >= 11 is 0. The van der Waals surface area contributed by atoms with Gasteiger partial charge in [-0.25, -0.2) is 0 Å². The smallest absolute Gasteiger partial charge is 0.305 e. The average Bonchev–Trinajstić information content (AvgIpc) is 2.91. The fourth-order valence-electron chi connectivity index (χ4n) is 1.65. The number of aromatic nitrogens is 2. The summed E-state index contributed by atoms with van der Waals surface area (Å²) in [6.07, 6.45) is 3.44. The van der Waals surface area contributed by atoms with Crippen molar-refractivity contribution in [3.8, 4) is 0 Å². The van der Waals surface area contributed by atoms with Crippen LogP contribution in [0.15, 0.2) is 12.3 Å². The number of rotatable bonds is 5. The third kappa shape index (κ3) is 2.59. The molecule has 1 saturated carbocycles. The minimum absolute atomic E-state index is 0.0233. The quantitative estimate of drug-likeness (QED) is 0.673. The lowest BCUT2D eigenvalue weighted by atomic mass is 10.1. The monoisotopic (exact) mass is 223 g/mol. The standard InChI is InChI=1S/C10H13N3O3/c14-9(15)5-8(6-1-2-6)12-10(16)7-3-4-11-13-7/h3-4,6,8H,1-2,5H2,(H,11,13)(H,12,16)(H,14,15). The van der Waals surface area contributed by atoms with Crippen molar-refractivity contribution < 1.29 is 14.7 Å². The fraction of sp³-hybridized carbons (Fsp3) is 0.500. The number of carboxylic acid groups (broad SMARTS) is 1. The zero-order valence-corrected chi connectivity index (χ0v) is 8.64. The number of carbonyl (C=O) groups is 2. The topological polar surface area (TPSA) is 95.1 Å². The first-order valence-corrected chi connectivity index (χ1v) is 5.19. The first kappa shape index (κ1) is 10.7. The Bertz CT molecular complexity index is 384. The van der Waals surface area contributed by atoms with Crippen molar-refractivity contribution in [2.45, 2.75) is 25.3 Å². The zero-order valence-electron chi connectivity index (χ0n) is 8.64. The number of carbonyl (C=O) groups excluding carboxylic acids is 1. The van der Waals surface area contributed by atoms with Gasteiger partial charge in [-0.1, -0.05) is 0 Å². The van der Waals surface area contributed by atoms with E-state index in [1.54, 1.807) is 6.07 Å². The largest absolute Gasteiger partial charge is 0.481 e. The number of amides is 1. The summed E-state index contributed by atoms with van der Waals surface area (Å²) in [5.41, 5.74) is 0.357. The molecule has 0 radical (unpaired) electrons. The molecule has 1 atom stereocenters. The molecule has 0 saturated heterocycles. The molecule has 6 heteroatoms. The van der Waals surface area contributed by atoms with E-state index in [0.717, 1.165) is 12.8 Å². The Labute approximate surface area is 92.0 Å². The van der Waals surface area contributed by atoms with Crippen LogP contribution in [0.1, 0.15) is 29.8 Å². The summed E-state index contributed by atoms with van der Waals surface area (Å²) in [6, 6.07) is 1.29. The molecule has 0 aliphatic heterocycles. The van der Waals surface area contributed by atoms with Gasteiger partial charge in [0.05, 0.1) is 6.42 Å². The van der Waals surface area contributed by atoms with Gasteiger partial charge in [-0.15, -0.1) is 0 Å². The fourth-order valence-corrected chi connectivity index (χ4v) is 1.65. The van der Waals surface area contributed by atoms with Gasteiger partial charge in [0.2, 0.25) is 0 Å². The highest BCUT2D eigenvalue weighted by Crippen LogP contribution is 2.34. The first-order chi connectivity index (χ1) is 7.66. The second kappa shape index (κ2) is 4.34. The maximum Gasteiger partial charge on any atom is 0.305 e. The van der Waals surface area contributed by atoms with Gasteiger partial charge >= 0.3 is 5.97 Å². The van der Waals surface area contributed by atoms with E-state index in [-0.39, 0.29) is 18.4 Å². The Balaban J connectivity index is 1.95. The van der Waals surface area contributed by atoms with E-state index >= 15 is 0 Å². The number of aliphatic carboxylic acids is 1. The number of H-pyrrole nitrogens is 1. The molecule has 1 aliphatic rings. The molecule has 1 fully saturated rings. The van der Waals surface area contributed by atoms with E-state index < -0.39 is 5.97 Å². The molecule has 2 rings (SSSR count). The minimum atomic E-state index is -0.887. The Morgan fingerprint density at radius 1 is 1.62 bits per heavy atom. The molecule has 6 nitrogen and oxygen atoms in total. The Morgan fingerprint density at radius 3 is 2.88 bits per heavy atom. The highest BCUT2D eigenvalue weighted by atomic mass is 16.4. The number of nitrogens with one attached hydrogen (secondary N) is 2. The van der Waals surface area contributed by atoms with Crippen molar-refractivity contribution >= 4 is 11.9 Å². The molecule has 1 aromatic rings. The lowest BCUT2D eigenvalue weighted by Gasteiger charge is -2.15. The summed E-state index contributed by atoms with van der Waals surface area (Å²) in [7, 11) is 0. The zero-order chi connectivity index (χ0) is 11.5. The molecular formula is C10H13N3O3. The van der Waals surface area contributed by atoms with Gasteiger partial charge in [0.25, 0.3) is 5.91 Å². The molecule has 0 aromatic carbocycles. The van der Waals surface area contributed by atoms with Crippen molar-refractivity contribution in [3.63, 3.8) is 0 Å². The first-order valence-electron chi connectivity index (χ1n) is 5.19. The highest BCUT2D eigenvalue weighted by molar-refractivity contribution is 5.92. The number of nitrogens with zero attached hydrogens (tertiary/aromatic N) is 1. The van der Waals surface area contributed by atoms with Gasteiger partial charge in [0.15, 0.2) is 0 Å². The lowest BCUT2D eigenvalue weighted by molar-refractivity contribution is -0.137. The van der Waals surface area contributed by atoms with Crippen LogP contribution in [-0.4, -0.2) is 33.2 Å². The van der Waals surface area contributed by atoms with Crippen LogP contribution in [0, 0.1) is 5.92 Å². The van der Waals surface area contributed by atoms with Crippen LogP contribution in [0.25, 0.3) is 0 Å². The van der Waals surface area contributed by atoms with E-state index in [4.69, 9.17) is 5.11 Å². The second-order valence-electron chi connectivity index (χ2n) is 3.99. The summed E-state index contributed by atoms with van der Waals surface area (Å²) in [4.78, 5) is 22.3. The van der Waals surface area contributed by atoms with E-state index in [2.05, 4.69) is 15.5 Å². The molecule has 1 unspecified atom stereocenters. The van der Waals surface area contributed by atoms with Crippen LogP contribution in [-0.2, 0) is 4.79 Å². The Kier molecular flexibility index (Phi) is 2.89. The summed E-state index contributed by atoms with van der Waals surface area (Å²) in [6.45, 7) is 0. The summed E-state index contributed by atoms with van der Waals surface area (Å²) in [5.74, 6) is -0.875. The van der Waals surface area contributed by atoms with Crippen LogP contribution in [0.2, 0.25) is 0 Å². The Morgan fingerprint density at radius 2 is 2.38 bits per heavy atom. The van der Waals surface area contributed by atoms with Gasteiger partial charge in [-0.3, -0.25) is 14.7 Å². The third-order valence-corrected chi connectivity index (χ3v) is 2.65. The molecule has 0 bridgehead atoms. The average molecular weight is 223 g/mol. The summed E-state index contributed by atoms with van der Waals surface area (Å²) in [5, 5.41) is 17.7. The lowest BCUT2D eigenvalue weighted by Crippen LogP contribution is -2.38. The normalized spacial score (nSPS) is 16.8. The highest BCUT2D eigenvalue weighted by Gasteiger charge is 2.33. The van der Waals surface area contributed by atoms with Gasteiger partial charge in [0, 0.05) is 12.2 Å². The number of hydrogen-bond acceptors (Lipinski definition) is 3. The van der Waals surface area contributed by atoms with Gasteiger partial charge < -0.3 is 10.4 Å². The third-order valence-electron chi connectivity index (χ3n) is 2.65. The second-order valence-corrected chi connectivity index (χ2v) is 3.99. The van der Waals surface area contributed by atoms with Crippen molar-refractivity contribution in [2.24, 2.45) is 5.92 Å². The van der Waals surface area contributed by atoms with Crippen molar-refractivity contribution in [2.75, 3.05) is 0 Å². The molecule has 86 valence electrons. The minimum Gasteiger partial charge on any atom is -0.481 e. The molecule has 1 aliphatic carbocycles. The molecule has 0 spiro atoms. The number of carboxylic acids is 1. The summed E-state index contributed by atoms with van der Waals surface area (Å²) < 4.78 is 0. The van der Waals surface area contributed by atoms with E-state index in [1.165, 1.54) is 6.20 Å². The predicted octanol–water partition coefficient (Wildman–Crippen LogP) is 0.393. The maximum absolute atomic E-state index is 11.7. The van der Waals surface area contributed by atoms with Crippen molar-refractivity contribution in [3.05, 3.63) is 18.0 Å². The van der Waals surface area contributed by atoms with Crippen LogP contribution in [0.4, 0.5) is 0 Å². The van der Waals surface area contributed by atoms with Crippen LogP contribution < -0.4 is 5.32 Å². The van der Waals surface area contributed by atoms with Crippen LogP contribution in [0.3, 0.4) is 0 Å². The SMILES string of the molecule is O=C(O)CC(NC(=O)c1ccn[nH]1)C1CC1. The Hall–Kier alpha value is -1.85.